The molecule has 1 aromatic carbocycles. The molecule has 0 atom stereocenters. The van der Waals surface area contributed by atoms with Gasteiger partial charge in [0.05, 0.1) is 10.4 Å². The highest BCUT2D eigenvalue weighted by atomic mass is 32.1. The van der Waals surface area contributed by atoms with Gasteiger partial charge in [0.2, 0.25) is 0 Å². The zero-order chi connectivity index (χ0) is 19.9. The lowest BCUT2D eigenvalue weighted by Crippen LogP contribution is -2.29. The molecule has 6 heteroatoms. The van der Waals surface area contributed by atoms with Crippen LogP contribution in [0.25, 0.3) is 21.7 Å². The molecular weight excluding hydrogens is 374 g/mol. The number of benzene rings is 1. The molecule has 0 radical (unpaired) electrons. The fourth-order valence-corrected chi connectivity index (χ4v) is 4.34. The minimum atomic E-state index is -0.781. The second-order valence-corrected chi connectivity index (χ2v) is 8.60. The van der Waals surface area contributed by atoms with Crippen LogP contribution in [0.2, 0.25) is 0 Å². The summed E-state index contributed by atoms with van der Waals surface area (Å²) in [7, 11) is 0. The number of hydrogen-bond acceptors (Lipinski definition) is 5. The second kappa shape index (κ2) is 6.95. The van der Waals surface area contributed by atoms with Crippen molar-refractivity contribution in [2.75, 3.05) is 0 Å². The predicted molar refractivity (Wildman–Crippen MR) is 110 cm³/mol. The van der Waals surface area contributed by atoms with Gasteiger partial charge in [-0.25, -0.2) is 4.79 Å². The smallest absolute Gasteiger partial charge is 0.428 e. The minimum Gasteiger partial charge on any atom is -0.428 e. The Hall–Kier alpha value is -2.86. The van der Waals surface area contributed by atoms with Gasteiger partial charge in [0.15, 0.2) is 5.75 Å². The first-order valence-corrected chi connectivity index (χ1v) is 10.0. The van der Waals surface area contributed by atoms with Crippen molar-refractivity contribution in [2.24, 2.45) is 0 Å². The van der Waals surface area contributed by atoms with Crippen molar-refractivity contribution in [1.29, 1.82) is 0 Å². The van der Waals surface area contributed by atoms with E-state index in [1.54, 1.807) is 42.7 Å². The largest absolute Gasteiger partial charge is 0.514 e. The average Bonchev–Trinajstić information content (AvgIpc) is 3.11. The van der Waals surface area contributed by atoms with Crippen LogP contribution in [0.1, 0.15) is 26.3 Å². The lowest BCUT2D eigenvalue weighted by Gasteiger charge is -2.24. The van der Waals surface area contributed by atoms with Crippen LogP contribution < -0.4 is 10.3 Å². The maximum atomic E-state index is 13.2. The van der Waals surface area contributed by atoms with Crippen molar-refractivity contribution in [2.45, 2.75) is 39.3 Å². The molecule has 0 unspecified atom stereocenters. The van der Waals surface area contributed by atoms with Gasteiger partial charge in [0.25, 0.3) is 5.56 Å². The van der Waals surface area contributed by atoms with Crippen molar-refractivity contribution >= 4 is 17.5 Å². The number of nitrogens with zero attached hydrogens (tertiary/aromatic N) is 1. The van der Waals surface area contributed by atoms with E-state index in [0.29, 0.717) is 23.6 Å². The summed E-state index contributed by atoms with van der Waals surface area (Å²) in [6.07, 6.45) is -0.00722. The molecule has 144 valence electrons. The Morgan fingerprint density at radius 3 is 2.61 bits per heavy atom. The van der Waals surface area contributed by atoms with Crippen LogP contribution in [-0.2, 0) is 17.7 Å². The molecule has 0 saturated carbocycles. The number of aryl methyl sites for hydroxylation is 1. The van der Waals surface area contributed by atoms with Crippen molar-refractivity contribution < 1.29 is 14.3 Å². The molecule has 2 aromatic heterocycles. The van der Waals surface area contributed by atoms with Gasteiger partial charge >= 0.3 is 6.16 Å². The third-order valence-corrected chi connectivity index (χ3v) is 5.45. The van der Waals surface area contributed by atoms with E-state index in [9.17, 15) is 9.59 Å². The topological polar surface area (TPSA) is 57.5 Å². The molecule has 3 aromatic rings. The van der Waals surface area contributed by atoms with Crippen LogP contribution in [0.15, 0.2) is 52.6 Å². The number of ether oxygens (including phenoxy) is 2. The number of fused-ring (bicyclic) bond motifs is 3. The molecule has 0 aliphatic carbocycles. The van der Waals surface area contributed by atoms with E-state index in [1.165, 1.54) is 0 Å². The van der Waals surface area contributed by atoms with Crippen LogP contribution >= 0.6 is 11.3 Å². The van der Waals surface area contributed by atoms with Crippen molar-refractivity contribution in [3.8, 4) is 27.4 Å². The third kappa shape index (κ3) is 3.47. The van der Waals surface area contributed by atoms with Crippen molar-refractivity contribution in [3.63, 3.8) is 0 Å². The van der Waals surface area contributed by atoms with Crippen LogP contribution in [-0.4, -0.2) is 16.3 Å². The number of carbonyl (C=O) groups excluding carboxylic acids is 1. The van der Waals surface area contributed by atoms with E-state index >= 15 is 0 Å². The summed E-state index contributed by atoms with van der Waals surface area (Å²) in [5, 5.41) is 1.99. The quantitative estimate of drug-likeness (QED) is 0.566. The Bertz CT molecular complexity index is 1090. The summed E-state index contributed by atoms with van der Waals surface area (Å²) in [5.41, 5.74) is 2.34. The van der Waals surface area contributed by atoms with E-state index in [0.717, 1.165) is 22.4 Å². The Kier molecular flexibility index (Phi) is 4.59. The van der Waals surface area contributed by atoms with Crippen LogP contribution in [0.5, 0.6) is 5.75 Å². The minimum absolute atomic E-state index is 0.0863. The third-order valence-electron chi connectivity index (χ3n) is 4.49. The maximum Gasteiger partial charge on any atom is 0.514 e. The van der Waals surface area contributed by atoms with Crippen LogP contribution in [0.4, 0.5) is 4.79 Å². The standard InChI is InChI=1S/C22H21NO4S/c1-22(2,3)27-21(25)26-17-13-16(14-7-5-4-6-8-14)20(24)23-11-9-15-10-12-28-19(15)18(17)23/h4-8,10,12-13H,9,11H2,1-3H3. The lowest BCUT2D eigenvalue weighted by atomic mass is 10.0. The second-order valence-electron chi connectivity index (χ2n) is 7.69. The highest BCUT2D eigenvalue weighted by Gasteiger charge is 2.27. The van der Waals surface area contributed by atoms with Gasteiger partial charge in [-0.2, -0.15) is 0 Å². The first-order valence-electron chi connectivity index (χ1n) is 9.14. The molecule has 1 aliphatic rings. The molecule has 28 heavy (non-hydrogen) atoms. The van der Waals surface area contributed by atoms with Crippen LogP contribution in [0, 0.1) is 0 Å². The normalized spacial score (nSPS) is 12.8. The van der Waals surface area contributed by atoms with Crippen LogP contribution in [0.3, 0.4) is 0 Å². The van der Waals surface area contributed by atoms with Gasteiger partial charge in [0, 0.05) is 6.54 Å². The summed E-state index contributed by atoms with van der Waals surface area (Å²) in [6.45, 7) is 5.90. The van der Waals surface area contributed by atoms with E-state index in [4.69, 9.17) is 9.47 Å². The SMILES string of the molecule is CC(C)(C)OC(=O)Oc1cc(-c2ccccc2)c(=O)n2c1-c1sccc1CC2. The number of pyridine rings is 1. The van der Waals surface area contributed by atoms with Crippen molar-refractivity contribution in [1.82, 2.24) is 4.57 Å². The van der Waals surface area contributed by atoms with Gasteiger partial charge in [-0.15, -0.1) is 11.3 Å². The van der Waals surface area contributed by atoms with Gasteiger partial charge < -0.3 is 14.0 Å². The fourth-order valence-electron chi connectivity index (χ4n) is 3.32. The van der Waals surface area contributed by atoms with Gasteiger partial charge in [0.1, 0.15) is 11.3 Å². The van der Waals surface area contributed by atoms with Gasteiger partial charge in [-0.3, -0.25) is 4.79 Å². The molecule has 0 bridgehead atoms. The lowest BCUT2D eigenvalue weighted by molar-refractivity contribution is 0.0206. The first kappa shape index (κ1) is 18.5. The molecule has 0 amide bonds. The molecule has 0 fully saturated rings. The molecule has 1 aliphatic heterocycles. The first-order chi connectivity index (χ1) is 13.3. The van der Waals surface area contributed by atoms with E-state index in [1.807, 2.05) is 35.7 Å². The number of rotatable bonds is 2. The monoisotopic (exact) mass is 395 g/mol. The number of thiophene rings is 1. The zero-order valence-corrected chi connectivity index (χ0v) is 16.8. The maximum absolute atomic E-state index is 13.2. The Balaban J connectivity index is 1.88. The van der Waals surface area contributed by atoms with E-state index in [2.05, 4.69) is 6.07 Å². The van der Waals surface area contributed by atoms with E-state index < -0.39 is 11.8 Å². The molecule has 3 heterocycles. The summed E-state index contributed by atoms with van der Waals surface area (Å²) in [6, 6.07) is 13.1. The number of carbonyl (C=O) groups is 1. The highest BCUT2D eigenvalue weighted by molar-refractivity contribution is 7.13. The predicted octanol–water partition coefficient (Wildman–Crippen LogP) is 5.11. The molecular formula is C22H21NO4S. The highest BCUT2D eigenvalue weighted by Crippen LogP contribution is 2.40. The van der Waals surface area contributed by atoms with E-state index in [-0.39, 0.29) is 5.56 Å². The van der Waals surface area contributed by atoms with Crippen molar-refractivity contribution in [3.05, 3.63) is 63.8 Å². The molecule has 0 N–H and O–H groups in total. The van der Waals surface area contributed by atoms with Gasteiger partial charge in [-0.05, 0) is 55.8 Å². The molecule has 0 saturated heterocycles. The zero-order valence-electron chi connectivity index (χ0n) is 16.0. The number of aromatic nitrogens is 1. The Morgan fingerprint density at radius 2 is 1.89 bits per heavy atom. The summed E-state index contributed by atoms with van der Waals surface area (Å²) in [4.78, 5) is 26.5. The molecule has 5 nitrogen and oxygen atoms in total. The Morgan fingerprint density at radius 1 is 1.14 bits per heavy atom. The summed E-state index contributed by atoms with van der Waals surface area (Å²) in [5.74, 6) is 0.344. The summed E-state index contributed by atoms with van der Waals surface area (Å²) < 4.78 is 12.7. The fraction of sp³-hybridized carbons (Fsp3) is 0.273. The molecule has 0 spiro atoms. The molecule has 4 rings (SSSR count). The average molecular weight is 395 g/mol. The number of hydrogen-bond donors (Lipinski definition) is 0. The van der Waals surface area contributed by atoms with Gasteiger partial charge in [-0.1, -0.05) is 30.3 Å². The summed E-state index contributed by atoms with van der Waals surface area (Å²) >= 11 is 1.54. The Labute approximate surface area is 167 Å².